The molecule has 0 bridgehead atoms. The summed E-state index contributed by atoms with van der Waals surface area (Å²) < 4.78 is 0. The van der Waals surface area contributed by atoms with Gasteiger partial charge in [-0.3, -0.25) is 9.59 Å². The molecule has 0 radical (unpaired) electrons. The molecular weight excluding hydrogens is 364 g/mol. The topological polar surface area (TPSA) is 69.9 Å². The number of carbonyl (C=O) groups excluding carboxylic acids is 2. The summed E-state index contributed by atoms with van der Waals surface area (Å²) in [5.74, 6) is -0.0565. The van der Waals surface area contributed by atoms with Crippen molar-refractivity contribution in [1.29, 1.82) is 0 Å². The van der Waals surface area contributed by atoms with Gasteiger partial charge in [0.2, 0.25) is 5.91 Å². The monoisotopic (exact) mass is 396 g/mol. The van der Waals surface area contributed by atoms with Gasteiger partial charge in [-0.25, -0.2) is 0 Å². The van der Waals surface area contributed by atoms with E-state index >= 15 is 0 Å². The molecule has 2 N–H and O–H groups in total. The zero-order valence-corrected chi connectivity index (χ0v) is 17.9. The molecule has 0 spiro atoms. The van der Waals surface area contributed by atoms with E-state index in [9.17, 15) is 9.59 Å². The molecule has 6 nitrogen and oxygen atoms in total. The van der Waals surface area contributed by atoms with E-state index in [-0.39, 0.29) is 18.4 Å². The Labute approximate surface area is 173 Å². The van der Waals surface area contributed by atoms with Gasteiger partial charge in [0.05, 0.1) is 6.54 Å². The highest BCUT2D eigenvalue weighted by molar-refractivity contribution is 5.94. The summed E-state index contributed by atoms with van der Waals surface area (Å²) in [6.45, 7) is 2.21. The maximum atomic E-state index is 12.6. The third-order valence-corrected chi connectivity index (χ3v) is 4.86. The lowest BCUT2D eigenvalue weighted by Crippen LogP contribution is -2.32. The van der Waals surface area contributed by atoms with Crippen LogP contribution in [0.5, 0.6) is 0 Å². The first-order valence-corrected chi connectivity index (χ1v) is 9.85. The largest absolute Gasteiger partial charge is 0.342 e. The highest BCUT2D eigenvalue weighted by Crippen LogP contribution is 2.22. The number of hydrogen-bond donors (Lipinski definition) is 1. The van der Waals surface area contributed by atoms with Crippen LogP contribution >= 0.6 is 0 Å². The number of carbonyl (C=O) groups is 2. The molecule has 29 heavy (non-hydrogen) atoms. The number of nitrogens with zero attached hydrogens (tertiary/aromatic N) is 3. The van der Waals surface area contributed by atoms with Crippen molar-refractivity contribution in [1.82, 2.24) is 14.7 Å². The van der Waals surface area contributed by atoms with Crippen LogP contribution in [0, 0.1) is 0 Å². The van der Waals surface area contributed by atoms with Gasteiger partial charge in [0.25, 0.3) is 5.91 Å². The second-order valence-electron chi connectivity index (χ2n) is 7.62. The van der Waals surface area contributed by atoms with Gasteiger partial charge in [-0.1, -0.05) is 30.3 Å². The van der Waals surface area contributed by atoms with Gasteiger partial charge in [-0.05, 0) is 62.0 Å². The van der Waals surface area contributed by atoms with Crippen molar-refractivity contribution >= 4 is 11.8 Å². The summed E-state index contributed by atoms with van der Waals surface area (Å²) in [6.07, 6.45) is 0.946. The Kier molecular flexibility index (Phi) is 8.36. The first-order chi connectivity index (χ1) is 13.8. The maximum Gasteiger partial charge on any atom is 0.253 e. The predicted octanol–water partition coefficient (Wildman–Crippen LogP) is 2.29. The second-order valence-corrected chi connectivity index (χ2v) is 7.62. The summed E-state index contributed by atoms with van der Waals surface area (Å²) in [5.41, 5.74) is 9.23. The Morgan fingerprint density at radius 3 is 2.17 bits per heavy atom. The Hall–Kier alpha value is -2.70. The molecule has 0 aliphatic heterocycles. The quantitative estimate of drug-likeness (QED) is 0.706. The smallest absolute Gasteiger partial charge is 0.253 e. The molecule has 0 saturated carbocycles. The predicted molar refractivity (Wildman–Crippen MR) is 118 cm³/mol. The average molecular weight is 397 g/mol. The molecule has 0 aliphatic rings. The van der Waals surface area contributed by atoms with Gasteiger partial charge in [0, 0.05) is 32.7 Å². The van der Waals surface area contributed by atoms with Crippen LogP contribution in [-0.2, 0) is 11.3 Å². The third-order valence-electron chi connectivity index (χ3n) is 4.86. The number of hydrogen-bond acceptors (Lipinski definition) is 4. The Balaban J connectivity index is 2.05. The van der Waals surface area contributed by atoms with Gasteiger partial charge in [0.15, 0.2) is 0 Å². The van der Waals surface area contributed by atoms with Gasteiger partial charge in [-0.15, -0.1) is 0 Å². The van der Waals surface area contributed by atoms with E-state index in [1.165, 1.54) is 0 Å². The van der Waals surface area contributed by atoms with E-state index in [1.807, 2.05) is 63.6 Å². The molecule has 6 heteroatoms. The Morgan fingerprint density at radius 1 is 0.862 bits per heavy atom. The van der Waals surface area contributed by atoms with Crippen molar-refractivity contribution in [3.05, 3.63) is 59.7 Å². The van der Waals surface area contributed by atoms with Crippen molar-refractivity contribution in [2.45, 2.75) is 13.0 Å². The number of nitrogens with two attached hydrogens (primary N) is 1. The summed E-state index contributed by atoms with van der Waals surface area (Å²) >= 11 is 0. The van der Waals surface area contributed by atoms with Crippen LogP contribution in [0.4, 0.5) is 0 Å². The van der Waals surface area contributed by atoms with Gasteiger partial charge in [0.1, 0.15) is 0 Å². The minimum Gasteiger partial charge on any atom is -0.342 e. The lowest BCUT2D eigenvalue weighted by molar-refractivity contribution is -0.128. The standard InChI is InChI=1S/C23H32N4O2/c1-25(2)13-6-14-26(3)23(29)20-11-9-19(10-12-20)21-8-5-7-18(15-21)17-27(4)22(28)16-24/h5,7-12,15H,6,13-14,16-17,24H2,1-4H3. The molecule has 2 amide bonds. The molecule has 2 aromatic carbocycles. The lowest BCUT2D eigenvalue weighted by atomic mass is 10.0. The van der Waals surface area contributed by atoms with Crippen LogP contribution in [0.1, 0.15) is 22.3 Å². The van der Waals surface area contributed by atoms with Crippen LogP contribution < -0.4 is 5.73 Å². The number of amides is 2. The number of benzene rings is 2. The van der Waals surface area contributed by atoms with Crippen LogP contribution in [0.15, 0.2) is 48.5 Å². The fraction of sp³-hybridized carbons (Fsp3) is 0.391. The average Bonchev–Trinajstić information content (AvgIpc) is 2.72. The molecule has 0 atom stereocenters. The van der Waals surface area contributed by atoms with Gasteiger partial charge >= 0.3 is 0 Å². The van der Waals surface area contributed by atoms with Gasteiger partial charge in [-0.2, -0.15) is 0 Å². The summed E-state index contributed by atoms with van der Waals surface area (Å²) in [5, 5.41) is 0. The number of likely N-dealkylation sites (N-methyl/N-ethyl adjacent to an activating group) is 1. The third kappa shape index (κ3) is 6.69. The second kappa shape index (κ2) is 10.7. The fourth-order valence-electron chi connectivity index (χ4n) is 3.12. The van der Waals surface area contributed by atoms with Crippen LogP contribution in [0.2, 0.25) is 0 Å². The number of rotatable bonds is 9. The lowest BCUT2D eigenvalue weighted by Gasteiger charge is -2.19. The maximum absolute atomic E-state index is 12.6. The first-order valence-electron chi connectivity index (χ1n) is 9.85. The SMILES string of the molecule is CN(C)CCCN(C)C(=O)c1ccc(-c2cccc(CN(C)C(=O)CN)c2)cc1. The highest BCUT2D eigenvalue weighted by Gasteiger charge is 2.12. The van der Waals surface area contributed by atoms with E-state index in [0.29, 0.717) is 12.1 Å². The van der Waals surface area contributed by atoms with E-state index in [4.69, 9.17) is 5.73 Å². The molecule has 2 aromatic rings. The molecule has 0 aromatic heterocycles. The molecule has 156 valence electrons. The molecule has 0 saturated heterocycles. The highest BCUT2D eigenvalue weighted by atomic mass is 16.2. The zero-order chi connectivity index (χ0) is 21.4. The van der Waals surface area contributed by atoms with Crippen molar-refractivity contribution in [2.24, 2.45) is 5.73 Å². The van der Waals surface area contributed by atoms with E-state index < -0.39 is 0 Å². The fourth-order valence-corrected chi connectivity index (χ4v) is 3.12. The molecule has 0 fully saturated rings. The summed E-state index contributed by atoms with van der Waals surface area (Å²) in [4.78, 5) is 29.8. The Morgan fingerprint density at radius 2 is 1.55 bits per heavy atom. The van der Waals surface area contributed by atoms with E-state index in [1.54, 1.807) is 16.8 Å². The molecule has 0 aliphatic carbocycles. The summed E-state index contributed by atoms with van der Waals surface area (Å²) in [7, 11) is 7.65. The van der Waals surface area contributed by atoms with Crippen LogP contribution in [0.3, 0.4) is 0 Å². The molecule has 0 heterocycles. The molecule has 0 unspecified atom stereocenters. The molecule has 2 rings (SSSR count). The minimum atomic E-state index is -0.0898. The van der Waals surface area contributed by atoms with Crippen LogP contribution in [0.25, 0.3) is 11.1 Å². The van der Waals surface area contributed by atoms with Crippen LogP contribution in [-0.4, -0.2) is 74.3 Å². The van der Waals surface area contributed by atoms with E-state index in [0.717, 1.165) is 36.2 Å². The van der Waals surface area contributed by atoms with Crippen molar-refractivity contribution in [3.8, 4) is 11.1 Å². The minimum absolute atomic E-state index is 0.00920. The van der Waals surface area contributed by atoms with Crippen molar-refractivity contribution in [3.63, 3.8) is 0 Å². The van der Waals surface area contributed by atoms with Crippen molar-refractivity contribution < 1.29 is 9.59 Å². The zero-order valence-electron chi connectivity index (χ0n) is 17.9. The first kappa shape index (κ1) is 22.6. The van der Waals surface area contributed by atoms with E-state index in [2.05, 4.69) is 11.0 Å². The normalized spacial score (nSPS) is 10.8. The van der Waals surface area contributed by atoms with Gasteiger partial charge < -0.3 is 20.4 Å². The summed E-state index contributed by atoms with van der Waals surface area (Å²) in [6, 6.07) is 15.7. The van der Waals surface area contributed by atoms with Crippen molar-refractivity contribution in [2.75, 3.05) is 47.8 Å². The Bertz CT molecular complexity index is 818. The molecular formula is C23H32N4O2.